The van der Waals surface area contributed by atoms with Crippen LogP contribution in [0.2, 0.25) is 0 Å². The number of aliphatic hydroxyl groups is 1. The summed E-state index contributed by atoms with van der Waals surface area (Å²) in [6.07, 6.45) is -1.06. The minimum atomic E-state index is -2.49. The van der Waals surface area contributed by atoms with Crippen LogP contribution in [0.25, 0.3) is 0 Å². The molecule has 1 rings (SSSR count). The number of hydrogen-bond donors (Lipinski definition) is 1. The first-order valence-electron chi connectivity index (χ1n) is 5.80. The molecule has 1 aromatic rings. The van der Waals surface area contributed by atoms with Crippen molar-refractivity contribution in [2.45, 2.75) is 26.4 Å². The smallest absolute Gasteiger partial charge is 0.255 e. The van der Waals surface area contributed by atoms with Crippen molar-refractivity contribution < 1.29 is 18.6 Å². The van der Waals surface area contributed by atoms with E-state index in [-0.39, 0.29) is 19.3 Å². The highest BCUT2D eigenvalue weighted by atomic mass is 19.3. The first-order valence-corrected chi connectivity index (χ1v) is 5.80. The van der Waals surface area contributed by atoms with Gasteiger partial charge in [0.2, 0.25) is 0 Å². The lowest BCUT2D eigenvalue weighted by molar-refractivity contribution is 0.152. The Kier molecular flexibility index (Phi) is 5.77. The fourth-order valence-electron chi connectivity index (χ4n) is 1.54. The van der Waals surface area contributed by atoms with Gasteiger partial charge in [-0.2, -0.15) is 0 Å². The maximum Gasteiger partial charge on any atom is 0.255 e. The van der Waals surface area contributed by atoms with E-state index in [1.807, 2.05) is 13.8 Å². The minimum absolute atomic E-state index is 0.0736. The van der Waals surface area contributed by atoms with Crippen molar-refractivity contribution in [1.29, 1.82) is 0 Å². The van der Waals surface area contributed by atoms with E-state index in [2.05, 4.69) is 4.98 Å². The molecule has 0 fully saturated rings. The molecule has 1 aromatic heterocycles. The van der Waals surface area contributed by atoms with E-state index in [0.717, 1.165) is 0 Å². The van der Waals surface area contributed by atoms with Gasteiger partial charge in [0, 0.05) is 12.7 Å². The van der Waals surface area contributed by atoms with Gasteiger partial charge in [0.1, 0.15) is 0 Å². The standard InChI is InChI=1S/C12H18F2N2O2/c1-9(2)18-10-4-3-5-15-12(10)16(6-7-17)8-11(13)14/h3-5,9,11,17H,6-8H2,1-2H3. The Morgan fingerprint density at radius 2 is 2.17 bits per heavy atom. The third-order valence-corrected chi connectivity index (χ3v) is 2.14. The second-order valence-corrected chi connectivity index (χ2v) is 4.05. The zero-order valence-corrected chi connectivity index (χ0v) is 10.5. The van der Waals surface area contributed by atoms with Crippen LogP contribution in [0.1, 0.15) is 13.8 Å². The Morgan fingerprint density at radius 3 is 2.72 bits per heavy atom. The lowest BCUT2D eigenvalue weighted by Crippen LogP contribution is -2.32. The second kappa shape index (κ2) is 7.10. The molecule has 0 amide bonds. The van der Waals surface area contributed by atoms with Gasteiger partial charge < -0.3 is 14.7 Å². The second-order valence-electron chi connectivity index (χ2n) is 4.05. The molecule has 0 saturated carbocycles. The molecule has 0 spiro atoms. The van der Waals surface area contributed by atoms with Crippen LogP contribution >= 0.6 is 0 Å². The largest absolute Gasteiger partial charge is 0.487 e. The monoisotopic (exact) mass is 260 g/mol. The molecular weight excluding hydrogens is 242 g/mol. The van der Waals surface area contributed by atoms with E-state index in [9.17, 15) is 8.78 Å². The quantitative estimate of drug-likeness (QED) is 0.813. The molecule has 102 valence electrons. The van der Waals surface area contributed by atoms with Crippen LogP contribution in [-0.4, -0.2) is 42.3 Å². The first kappa shape index (κ1) is 14.6. The van der Waals surface area contributed by atoms with Gasteiger partial charge in [-0.1, -0.05) is 0 Å². The fourth-order valence-corrected chi connectivity index (χ4v) is 1.54. The summed E-state index contributed by atoms with van der Waals surface area (Å²) >= 11 is 0. The lowest BCUT2D eigenvalue weighted by Gasteiger charge is -2.25. The van der Waals surface area contributed by atoms with Gasteiger partial charge >= 0.3 is 0 Å². The summed E-state index contributed by atoms with van der Waals surface area (Å²) in [5.74, 6) is 0.780. The molecule has 0 aliphatic heterocycles. The molecule has 0 aromatic carbocycles. The maximum absolute atomic E-state index is 12.5. The normalized spacial score (nSPS) is 11.1. The fraction of sp³-hybridized carbons (Fsp3) is 0.583. The van der Waals surface area contributed by atoms with Crippen LogP contribution in [0.5, 0.6) is 5.75 Å². The molecule has 4 nitrogen and oxygen atoms in total. The van der Waals surface area contributed by atoms with Gasteiger partial charge in [-0.25, -0.2) is 13.8 Å². The average molecular weight is 260 g/mol. The third kappa shape index (κ3) is 4.44. The topological polar surface area (TPSA) is 45.6 Å². The molecule has 18 heavy (non-hydrogen) atoms. The number of hydrogen-bond acceptors (Lipinski definition) is 4. The van der Waals surface area contributed by atoms with E-state index in [1.54, 1.807) is 12.1 Å². The van der Waals surface area contributed by atoms with Crippen molar-refractivity contribution in [3.63, 3.8) is 0 Å². The van der Waals surface area contributed by atoms with Crippen molar-refractivity contribution in [3.8, 4) is 5.75 Å². The Morgan fingerprint density at radius 1 is 1.44 bits per heavy atom. The molecule has 0 saturated heterocycles. The van der Waals surface area contributed by atoms with E-state index < -0.39 is 13.0 Å². The predicted octanol–water partition coefficient (Wildman–Crippen LogP) is 1.93. The van der Waals surface area contributed by atoms with Crippen molar-refractivity contribution in [2.24, 2.45) is 0 Å². The van der Waals surface area contributed by atoms with Gasteiger partial charge in [0.15, 0.2) is 11.6 Å². The van der Waals surface area contributed by atoms with Crippen LogP contribution in [0, 0.1) is 0 Å². The molecule has 0 atom stereocenters. The van der Waals surface area contributed by atoms with Gasteiger partial charge in [0.05, 0.1) is 19.3 Å². The van der Waals surface area contributed by atoms with Gasteiger partial charge in [-0.3, -0.25) is 0 Å². The molecule has 0 unspecified atom stereocenters. The van der Waals surface area contributed by atoms with Gasteiger partial charge in [-0.15, -0.1) is 0 Å². The van der Waals surface area contributed by atoms with Crippen molar-refractivity contribution in [2.75, 3.05) is 24.6 Å². The Labute approximate surface area is 105 Å². The molecule has 0 radical (unpaired) electrons. The number of halogens is 2. The number of alkyl halides is 2. The number of aliphatic hydroxyl groups excluding tert-OH is 1. The summed E-state index contributed by atoms with van der Waals surface area (Å²) in [7, 11) is 0. The SMILES string of the molecule is CC(C)Oc1cccnc1N(CCO)CC(F)F. The summed E-state index contributed by atoms with van der Waals surface area (Å²) in [5, 5.41) is 8.93. The van der Waals surface area contributed by atoms with E-state index in [0.29, 0.717) is 11.6 Å². The number of pyridine rings is 1. The zero-order chi connectivity index (χ0) is 13.5. The average Bonchev–Trinajstić information content (AvgIpc) is 2.28. The number of aromatic nitrogens is 1. The van der Waals surface area contributed by atoms with E-state index in [1.165, 1.54) is 11.1 Å². The molecule has 0 aliphatic carbocycles. The van der Waals surface area contributed by atoms with E-state index in [4.69, 9.17) is 9.84 Å². The summed E-state index contributed by atoms with van der Waals surface area (Å²) in [5.41, 5.74) is 0. The van der Waals surface area contributed by atoms with Gasteiger partial charge in [0.25, 0.3) is 6.43 Å². The van der Waals surface area contributed by atoms with Gasteiger partial charge in [-0.05, 0) is 26.0 Å². The summed E-state index contributed by atoms with van der Waals surface area (Å²) < 4.78 is 30.5. The summed E-state index contributed by atoms with van der Waals surface area (Å²) in [6.45, 7) is 3.09. The van der Waals surface area contributed by atoms with Crippen LogP contribution in [0.15, 0.2) is 18.3 Å². The maximum atomic E-state index is 12.5. The highest BCUT2D eigenvalue weighted by molar-refractivity contribution is 5.52. The summed E-state index contributed by atoms with van der Waals surface area (Å²) in [6, 6.07) is 3.36. The Balaban J connectivity index is 2.94. The molecule has 0 bridgehead atoms. The van der Waals surface area contributed by atoms with Crippen LogP contribution in [-0.2, 0) is 0 Å². The van der Waals surface area contributed by atoms with Crippen molar-refractivity contribution in [3.05, 3.63) is 18.3 Å². The number of nitrogens with zero attached hydrogens (tertiary/aromatic N) is 2. The summed E-state index contributed by atoms with van der Waals surface area (Å²) in [4.78, 5) is 5.38. The molecule has 0 aliphatic rings. The highest BCUT2D eigenvalue weighted by Crippen LogP contribution is 2.26. The molecular formula is C12H18F2N2O2. The van der Waals surface area contributed by atoms with Crippen molar-refractivity contribution in [1.82, 2.24) is 4.98 Å². The first-order chi connectivity index (χ1) is 8.54. The van der Waals surface area contributed by atoms with Crippen molar-refractivity contribution >= 4 is 5.82 Å². The Hall–Kier alpha value is -1.43. The number of anilines is 1. The Bertz CT molecular complexity index is 362. The number of ether oxygens (including phenoxy) is 1. The molecule has 1 N–H and O–H groups in total. The van der Waals surface area contributed by atoms with Crippen LogP contribution < -0.4 is 9.64 Å². The number of rotatable bonds is 7. The lowest BCUT2D eigenvalue weighted by atomic mass is 10.3. The molecule has 6 heteroatoms. The zero-order valence-electron chi connectivity index (χ0n) is 10.5. The highest BCUT2D eigenvalue weighted by Gasteiger charge is 2.18. The molecule has 1 heterocycles. The van der Waals surface area contributed by atoms with Crippen LogP contribution in [0.4, 0.5) is 14.6 Å². The predicted molar refractivity (Wildman–Crippen MR) is 65.3 cm³/mol. The van der Waals surface area contributed by atoms with Crippen LogP contribution in [0.3, 0.4) is 0 Å². The van der Waals surface area contributed by atoms with E-state index >= 15 is 0 Å². The third-order valence-electron chi connectivity index (χ3n) is 2.14. The minimum Gasteiger partial charge on any atom is -0.487 e.